The molecule has 0 aliphatic carbocycles. The number of carbonyl (C=O) groups is 1. The lowest BCUT2D eigenvalue weighted by molar-refractivity contribution is -0.116. The fourth-order valence-electron chi connectivity index (χ4n) is 3.63. The molecule has 4 aromatic rings. The molecule has 0 fully saturated rings. The molecular formula is C22H21BrN2O3. The van der Waals surface area contributed by atoms with Crippen LogP contribution in [0, 0.1) is 6.92 Å². The molecule has 0 spiro atoms. The highest BCUT2D eigenvalue weighted by atomic mass is 79.9. The summed E-state index contributed by atoms with van der Waals surface area (Å²) >= 11 is 3.65. The number of Topliss-reactive ketones (excluding diaryl/α,β-unsaturated/α-hetero) is 1. The van der Waals surface area contributed by atoms with Gasteiger partial charge in [-0.1, -0.05) is 30.3 Å². The van der Waals surface area contributed by atoms with Crippen molar-refractivity contribution < 1.29 is 13.9 Å². The number of halogens is 1. The number of methoxy groups -OCH3 is 1. The highest BCUT2D eigenvalue weighted by Crippen LogP contribution is 2.41. The Morgan fingerprint density at radius 1 is 1.29 bits per heavy atom. The predicted molar refractivity (Wildman–Crippen MR) is 113 cm³/mol. The van der Waals surface area contributed by atoms with Crippen LogP contribution in [0.4, 0.5) is 0 Å². The molecule has 0 bridgehead atoms. The quantitative estimate of drug-likeness (QED) is 0.416. The minimum atomic E-state index is 0.162. The van der Waals surface area contributed by atoms with Gasteiger partial charge in [0.25, 0.3) is 0 Å². The Morgan fingerprint density at radius 3 is 2.71 bits per heavy atom. The van der Waals surface area contributed by atoms with E-state index in [0.717, 1.165) is 49.0 Å². The maximum absolute atomic E-state index is 11.6. The monoisotopic (exact) mass is 440 g/mol. The molecule has 0 saturated heterocycles. The molecule has 144 valence electrons. The van der Waals surface area contributed by atoms with Crippen LogP contribution in [-0.2, 0) is 22.6 Å². The lowest BCUT2D eigenvalue weighted by Gasteiger charge is -2.07. The number of pyridine rings is 1. The van der Waals surface area contributed by atoms with E-state index in [9.17, 15) is 4.79 Å². The largest absolute Gasteiger partial charge is 0.435 e. The third-order valence-electron chi connectivity index (χ3n) is 4.93. The summed E-state index contributed by atoms with van der Waals surface area (Å²) in [6.07, 6.45) is 1.11. The second-order valence-electron chi connectivity index (χ2n) is 6.96. The Labute approximate surface area is 171 Å². The molecule has 3 aromatic heterocycles. The number of nitrogens with zero attached hydrogens (tertiary/aromatic N) is 1. The van der Waals surface area contributed by atoms with Gasteiger partial charge in [0.2, 0.25) is 5.71 Å². The average molecular weight is 441 g/mol. The Morgan fingerprint density at radius 2 is 2.04 bits per heavy atom. The Hall–Kier alpha value is -2.44. The molecule has 6 heteroatoms. The normalized spacial score (nSPS) is 11.6. The molecule has 0 atom stereocenters. The van der Waals surface area contributed by atoms with Gasteiger partial charge in [0, 0.05) is 34.8 Å². The first kappa shape index (κ1) is 18.9. The van der Waals surface area contributed by atoms with Crippen LogP contribution in [0.2, 0.25) is 0 Å². The van der Waals surface area contributed by atoms with Crippen molar-refractivity contribution in [1.82, 2.24) is 9.97 Å². The molecule has 0 amide bonds. The second-order valence-corrected chi connectivity index (χ2v) is 7.75. The van der Waals surface area contributed by atoms with Gasteiger partial charge in [-0.25, -0.2) is 4.98 Å². The summed E-state index contributed by atoms with van der Waals surface area (Å²) < 4.78 is 12.6. The van der Waals surface area contributed by atoms with Gasteiger partial charge in [-0.3, -0.25) is 0 Å². The van der Waals surface area contributed by atoms with Crippen LogP contribution in [0.5, 0.6) is 0 Å². The third-order valence-corrected chi connectivity index (χ3v) is 5.98. The lowest BCUT2D eigenvalue weighted by atomic mass is 10.0. The maximum Gasteiger partial charge on any atom is 0.229 e. The van der Waals surface area contributed by atoms with Gasteiger partial charge < -0.3 is 18.9 Å². The number of nitrogens with one attached hydrogen (secondary N) is 1. The van der Waals surface area contributed by atoms with Crippen LogP contribution in [0.3, 0.4) is 0 Å². The van der Waals surface area contributed by atoms with E-state index in [4.69, 9.17) is 9.15 Å². The molecule has 1 N–H and O–H groups in total. The van der Waals surface area contributed by atoms with Gasteiger partial charge in [0.05, 0.1) is 23.2 Å². The summed E-state index contributed by atoms with van der Waals surface area (Å²) in [5, 5.41) is 0.917. The summed E-state index contributed by atoms with van der Waals surface area (Å²) in [7, 11) is 1.67. The first-order chi connectivity index (χ1) is 13.5. The average Bonchev–Trinajstić information content (AvgIpc) is 3.19. The number of aromatic nitrogens is 2. The Balaban J connectivity index is 2.04. The van der Waals surface area contributed by atoms with E-state index in [-0.39, 0.29) is 5.78 Å². The molecular weight excluding hydrogens is 420 g/mol. The number of hydrogen-bond acceptors (Lipinski definition) is 4. The number of hydrogen-bond donors (Lipinski definition) is 1. The fourth-order valence-corrected chi connectivity index (χ4v) is 4.03. The van der Waals surface area contributed by atoms with Crippen LogP contribution < -0.4 is 0 Å². The molecule has 1 aromatic carbocycles. The smallest absolute Gasteiger partial charge is 0.229 e. The summed E-state index contributed by atoms with van der Waals surface area (Å²) in [6, 6.07) is 10.1. The van der Waals surface area contributed by atoms with Crippen LogP contribution >= 0.6 is 15.9 Å². The highest BCUT2D eigenvalue weighted by molar-refractivity contribution is 9.10. The first-order valence-corrected chi connectivity index (χ1v) is 9.96. The van der Waals surface area contributed by atoms with Gasteiger partial charge in [0.15, 0.2) is 5.58 Å². The zero-order valence-corrected chi connectivity index (χ0v) is 17.6. The minimum absolute atomic E-state index is 0.162. The van der Waals surface area contributed by atoms with Crippen molar-refractivity contribution in [3.05, 3.63) is 51.8 Å². The minimum Gasteiger partial charge on any atom is -0.435 e. The first-order valence-electron chi connectivity index (χ1n) is 9.17. The van der Waals surface area contributed by atoms with Crippen LogP contribution in [-0.4, -0.2) is 22.9 Å². The van der Waals surface area contributed by atoms with Crippen LogP contribution in [0.25, 0.3) is 33.3 Å². The molecule has 0 aliphatic rings. The number of fused-ring (bicyclic) bond motifs is 3. The summed E-state index contributed by atoms with van der Waals surface area (Å²) in [6.45, 7) is 4.00. The summed E-state index contributed by atoms with van der Waals surface area (Å²) in [5.74, 6) is 0.162. The van der Waals surface area contributed by atoms with Gasteiger partial charge in [-0.15, -0.1) is 0 Å². The molecule has 4 rings (SSSR count). The Bertz CT molecular complexity index is 1180. The van der Waals surface area contributed by atoms with Gasteiger partial charge in [-0.05, 0) is 41.8 Å². The zero-order valence-electron chi connectivity index (χ0n) is 16.1. The van der Waals surface area contributed by atoms with E-state index in [1.54, 1.807) is 14.0 Å². The summed E-state index contributed by atoms with van der Waals surface area (Å²) in [5.41, 5.74) is 7.15. The van der Waals surface area contributed by atoms with E-state index >= 15 is 0 Å². The number of furan rings is 1. The van der Waals surface area contributed by atoms with E-state index in [0.29, 0.717) is 25.2 Å². The molecule has 28 heavy (non-hydrogen) atoms. The number of rotatable bonds is 6. The van der Waals surface area contributed by atoms with Gasteiger partial charge in [0.1, 0.15) is 5.78 Å². The van der Waals surface area contributed by atoms with E-state index in [1.807, 2.05) is 25.1 Å². The fraction of sp³-hybridized carbons (Fsp3) is 0.273. The number of ketones is 1. The molecule has 0 unspecified atom stereocenters. The van der Waals surface area contributed by atoms with Gasteiger partial charge >= 0.3 is 0 Å². The number of aromatic amines is 1. The zero-order chi connectivity index (χ0) is 19.8. The van der Waals surface area contributed by atoms with E-state index in [2.05, 4.69) is 38.0 Å². The predicted octanol–water partition coefficient (Wildman–Crippen LogP) is 5.72. The molecule has 5 nitrogen and oxygen atoms in total. The molecule has 0 saturated carbocycles. The maximum atomic E-state index is 11.6. The number of benzene rings is 1. The van der Waals surface area contributed by atoms with Crippen molar-refractivity contribution >= 4 is 43.9 Å². The number of H-pyrrole nitrogens is 1. The van der Waals surface area contributed by atoms with Crippen molar-refractivity contribution in [1.29, 1.82) is 0 Å². The Kier molecular flexibility index (Phi) is 5.08. The number of carbonyl (C=O) groups excluding carboxylic acids is 1. The van der Waals surface area contributed by atoms with Crippen molar-refractivity contribution in [2.75, 3.05) is 7.11 Å². The molecule has 0 aliphatic heterocycles. The van der Waals surface area contributed by atoms with Crippen LogP contribution in [0.1, 0.15) is 30.3 Å². The standard InChI is InChI=1S/C22H21BrN2O3/c1-12(26)9-10-16-17(14-7-5-4-6-8-14)21-20(25-16)18-15(11-27-3)19(23)13(2)24-22(18)28-21/h4-8,25H,9-11H2,1-3H3. The number of aryl methyl sites for hydroxylation is 2. The second kappa shape index (κ2) is 7.53. The third kappa shape index (κ3) is 3.16. The van der Waals surface area contributed by atoms with E-state index in [1.165, 1.54) is 0 Å². The van der Waals surface area contributed by atoms with E-state index < -0.39 is 0 Å². The molecule has 3 heterocycles. The summed E-state index contributed by atoms with van der Waals surface area (Å²) in [4.78, 5) is 19.7. The van der Waals surface area contributed by atoms with Gasteiger partial charge in [-0.2, -0.15) is 0 Å². The molecule has 0 radical (unpaired) electrons. The van der Waals surface area contributed by atoms with Crippen molar-refractivity contribution in [2.24, 2.45) is 0 Å². The van der Waals surface area contributed by atoms with Crippen LogP contribution in [0.15, 0.2) is 39.2 Å². The van der Waals surface area contributed by atoms with Crippen molar-refractivity contribution in [3.63, 3.8) is 0 Å². The van der Waals surface area contributed by atoms with Crippen molar-refractivity contribution in [2.45, 2.75) is 33.3 Å². The highest BCUT2D eigenvalue weighted by Gasteiger charge is 2.24. The lowest BCUT2D eigenvalue weighted by Crippen LogP contribution is -1.97. The van der Waals surface area contributed by atoms with Crippen molar-refractivity contribution in [3.8, 4) is 11.1 Å². The topological polar surface area (TPSA) is 68.1 Å². The number of ether oxygens (including phenoxy) is 1. The SMILES string of the molecule is COCc1c(Br)c(C)nc2oc3c(-c4ccccc4)c(CCC(C)=O)[nH]c3c12.